The van der Waals surface area contributed by atoms with E-state index >= 15 is 0 Å². The average Bonchev–Trinajstić information content (AvgIpc) is 2.27. The van der Waals surface area contributed by atoms with Gasteiger partial charge in [-0.05, 0) is 25.8 Å². The molecule has 0 saturated heterocycles. The number of aryl methyl sites for hydroxylation is 2. The van der Waals surface area contributed by atoms with Crippen molar-refractivity contribution in [2.75, 3.05) is 0 Å². The second-order valence-electron chi connectivity index (χ2n) is 3.66. The Bertz CT molecular complexity index is 319. The minimum Gasteiger partial charge on any atom is -0.268 e. The lowest BCUT2D eigenvalue weighted by molar-refractivity contribution is 0.747. The van der Waals surface area contributed by atoms with Crippen molar-refractivity contribution < 1.29 is 0 Å². The molecule has 0 N–H and O–H groups in total. The fourth-order valence-electron chi connectivity index (χ4n) is 1.76. The van der Waals surface area contributed by atoms with Gasteiger partial charge in [-0.25, -0.2) is 0 Å². The molecule has 0 unspecified atom stereocenters. The second-order valence-corrected chi connectivity index (χ2v) is 3.66. The van der Waals surface area contributed by atoms with Gasteiger partial charge < -0.3 is 0 Å². The first-order valence-electron chi connectivity index (χ1n) is 4.74. The molecule has 0 aromatic carbocycles. The molecule has 0 bridgehead atoms. The van der Waals surface area contributed by atoms with Gasteiger partial charge in [0, 0.05) is 12.6 Å². The Morgan fingerprint density at radius 1 is 1.38 bits per heavy atom. The molecule has 1 heterocycles. The minimum atomic E-state index is 0.542. The lowest BCUT2D eigenvalue weighted by atomic mass is 10.0. The number of hydrogen-bond donors (Lipinski definition) is 0. The Hall–Kier alpha value is -1.05. The molecule has 2 heteroatoms. The van der Waals surface area contributed by atoms with Crippen LogP contribution in [0.3, 0.4) is 0 Å². The van der Waals surface area contributed by atoms with Crippen LogP contribution < -0.4 is 0 Å². The fraction of sp³-hybridized carbons (Fsp3) is 0.545. The van der Waals surface area contributed by atoms with Crippen LogP contribution in [0.5, 0.6) is 0 Å². The van der Waals surface area contributed by atoms with Crippen molar-refractivity contribution in [3.63, 3.8) is 0 Å². The number of allylic oxidation sites excluding steroid dienone is 1. The first-order valence-corrected chi connectivity index (χ1v) is 4.74. The van der Waals surface area contributed by atoms with E-state index in [0.29, 0.717) is 5.92 Å². The van der Waals surface area contributed by atoms with Gasteiger partial charge >= 0.3 is 0 Å². The van der Waals surface area contributed by atoms with Crippen LogP contribution in [0.4, 0.5) is 0 Å². The van der Waals surface area contributed by atoms with Gasteiger partial charge in [0.05, 0.1) is 11.4 Å². The summed E-state index contributed by atoms with van der Waals surface area (Å²) in [7, 11) is 1.99. The number of aromatic nitrogens is 2. The summed E-state index contributed by atoms with van der Waals surface area (Å²) in [4.78, 5) is 0. The molecule has 72 valence electrons. The third-order valence-corrected chi connectivity index (χ3v) is 2.22. The highest BCUT2D eigenvalue weighted by atomic mass is 15.3. The Morgan fingerprint density at radius 2 is 2.00 bits per heavy atom. The van der Waals surface area contributed by atoms with E-state index in [1.54, 1.807) is 0 Å². The van der Waals surface area contributed by atoms with E-state index in [0.717, 1.165) is 5.69 Å². The highest BCUT2D eigenvalue weighted by molar-refractivity contribution is 5.52. The van der Waals surface area contributed by atoms with Crippen molar-refractivity contribution in [1.29, 1.82) is 0 Å². The molecule has 13 heavy (non-hydrogen) atoms. The predicted octanol–water partition coefficient (Wildman–Crippen LogP) is 2.89. The molecule has 0 aliphatic heterocycles. The third kappa shape index (κ3) is 1.82. The molecule has 0 atom stereocenters. The topological polar surface area (TPSA) is 17.8 Å². The number of hydrogen-bond acceptors (Lipinski definition) is 1. The normalized spacial score (nSPS) is 11.8. The molecule has 1 rings (SSSR count). The molecule has 0 fully saturated rings. The molecular weight excluding hydrogens is 160 g/mol. The van der Waals surface area contributed by atoms with E-state index in [1.807, 2.05) is 18.7 Å². The summed E-state index contributed by atoms with van der Waals surface area (Å²) in [6.07, 6.45) is 4.18. The lowest BCUT2D eigenvalue weighted by Gasteiger charge is -2.05. The second kappa shape index (κ2) is 3.77. The Balaban J connectivity index is 3.29. The highest BCUT2D eigenvalue weighted by Gasteiger charge is 2.13. The zero-order valence-electron chi connectivity index (χ0n) is 9.13. The smallest absolute Gasteiger partial charge is 0.0640 e. The fourth-order valence-corrected chi connectivity index (χ4v) is 1.76. The molecule has 0 saturated carbocycles. The summed E-state index contributed by atoms with van der Waals surface area (Å²) in [5.41, 5.74) is 3.74. The van der Waals surface area contributed by atoms with E-state index in [2.05, 4.69) is 38.0 Å². The van der Waals surface area contributed by atoms with E-state index in [9.17, 15) is 0 Å². The molecule has 2 nitrogen and oxygen atoms in total. The van der Waals surface area contributed by atoms with Gasteiger partial charge in [0.2, 0.25) is 0 Å². The summed E-state index contributed by atoms with van der Waals surface area (Å²) in [6.45, 7) is 8.52. The van der Waals surface area contributed by atoms with Crippen molar-refractivity contribution in [2.24, 2.45) is 7.05 Å². The Labute approximate surface area is 80.3 Å². The largest absolute Gasteiger partial charge is 0.268 e. The maximum Gasteiger partial charge on any atom is 0.0640 e. The van der Waals surface area contributed by atoms with Gasteiger partial charge in [-0.3, -0.25) is 4.68 Å². The van der Waals surface area contributed by atoms with Crippen LogP contribution in [0.2, 0.25) is 0 Å². The maximum atomic E-state index is 4.42. The summed E-state index contributed by atoms with van der Waals surface area (Å²) < 4.78 is 1.95. The molecule has 0 amide bonds. The average molecular weight is 178 g/mol. The predicted molar refractivity (Wildman–Crippen MR) is 56.7 cm³/mol. The van der Waals surface area contributed by atoms with Gasteiger partial charge in [-0.1, -0.05) is 19.9 Å². The molecular formula is C11H18N2. The summed E-state index contributed by atoms with van der Waals surface area (Å²) >= 11 is 0. The van der Waals surface area contributed by atoms with Gasteiger partial charge in [-0.2, -0.15) is 5.10 Å². The van der Waals surface area contributed by atoms with Crippen molar-refractivity contribution in [3.05, 3.63) is 23.0 Å². The molecule has 0 aliphatic rings. The van der Waals surface area contributed by atoms with Crippen molar-refractivity contribution in [3.8, 4) is 0 Å². The molecule has 0 spiro atoms. The summed E-state index contributed by atoms with van der Waals surface area (Å²) in [6, 6.07) is 0. The third-order valence-electron chi connectivity index (χ3n) is 2.22. The van der Waals surface area contributed by atoms with E-state index in [-0.39, 0.29) is 0 Å². The zero-order chi connectivity index (χ0) is 10.0. The Kier molecular flexibility index (Phi) is 2.91. The highest BCUT2D eigenvalue weighted by Crippen LogP contribution is 2.23. The molecule has 0 aliphatic carbocycles. The van der Waals surface area contributed by atoms with Crippen LogP contribution in [0.1, 0.15) is 43.6 Å². The van der Waals surface area contributed by atoms with E-state index in [4.69, 9.17) is 0 Å². The Morgan fingerprint density at radius 3 is 2.46 bits per heavy atom. The van der Waals surface area contributed by atoms with Gasteiger partial charge in [0.1, 0.15) is 0 Å². The van der Waals surface area contributed by atoms with E-state index < -0.39 is 0 Å². The first-order chi connectivity index (χ1) is 6.07. The monoisotopic (exact) mass is 178 g/mol. The zero-order valence-corrected chi connectivity index (χ0v) is 9.13. The van der Waals surface area contributed by atoms with Crippen LogP contribution in [0.15, 0.2) is 6.08 Å². The van der Waals surface area contributed by atoms with Crippen molar-refractivity contribution in [1.82, 2.24) is 9.78 Å². The quantitative estimate of drug-likeness (QED) is 0.681. The van der Waals surface area contributed by atoms with Gasteiger partial charge in [-0.15, -0.1) is 0 Å². The van der Waals surface area contributed by atoms with Crippen LogP contribution in [-0.4, -0.2) is 9.78 Å². The van der Waals surface area contributed by atoms with Crippen molar-refractivity contribution in [2.45, 2.75) is 33.6 Å². The van der Waals surface area contributed by atoms with E-state index in [1.165, 1.54) is 11.3 Å². The minimum absolute atomic E-state index is 0.542. The maximum absolute atomic E-state index is 4.42. The molecule has 1 aromatic rings. The van der Waals surface area contributed by atoms with Crippen LogP contribution in [0, 0.1) is 6.92 Å². The van der Waals surface area contributed by atoms with Crippen LogP contribution in [0.25, 0.3) is 6.08 Å². The number of nitrogens with zero attached hydrogens (tertiary/aromatic N) is 2. The molecule has 0 radical (unpaired) electrons. The summed E-state index contributed by atoms with van der Waals surface area (Å²) in [5, 5.41) is 4.42. The lowest BCUT2D eigenvalue weighted by Crippen LogP contribution is -1.95. The molecule has 1 aromatic heterocycles. The van der Waals surface area contributed by atoms with Gasteiger partial charge in [0.15, 0.2) is 0 Å². The first kappa shape index (κ1) is 10.0. The van der Waals surface area contributed by atoms with Crippen molar-refractivity contribution >= 4 is 6.08 Å². The number of rotatable bonds is 2. The van der Waals surface area contributed by atoms with Gasteiger partial charge in [0.25, 0.3) is 0 Å². The SMILES string of the molecule is CC=Cc1c(C(C)C)c(C)nn1C. The van der Waals surface area contributed by atoms with Crippen LogP contribution in [-0.2, 0) is 7.05 Å². The standard InChI is InChI=1S/C11H18N2/c1-6-7-10-11(8(2)3)9(4)12-13(10)5/h6-8H,1-5H3. The summed E-state index contributed by atoms with van der Waals surface area (Å²) in [5.74, 6) is 0.542. The van der Waals surface area contributed by atoms with Crippen LogP contribution >= 0.6 is 0 Å².